The molecule has 1 aliphatic carbocycles. The number of carbonyl (C=O) groups excluding carboxylic acids is 2. The van der Waals surface area contributed by atoms with Crippen molar-refractivity contribution in [1.29, 1.82) is 0 Å². The first-order chi connectivity index (χ1) is 15.5. The van der Waals surface area contributed by atoms with Gasteiger partial charge in [0.25, 0.3) is 0 Å². The van der Waals surface area contributed by atoms with Crippen LogP contribution in [0.5, 0.6) is 0 Å². The third-order valence-electron chi connectivity index (χ3n) is 5.21. The van der Waals surface area contributed by atoms with Gasteiger partial charge in [0, 0.05) is 16.7 Å². The third kappa shape index (κ3) is 7.48. The van der Waals surface area contributed by atoms with Crippen LogP contribution >= 0.6 is 0 Å². The van der Waals surface area contributed by atoms with E-state index >= 15 is 0 Å². The van der Waals surface area contributed by atoms with E-state index in [0.717, 1.165) is 30.4 Å². The highest BCUT2D eigenvalue weighted by atomic mass is 28.2. The molecule has 5 nitrogen and oxygen atoms in total. The van der Waals surface area contributed by atoms with Crippen LogP contribution in [0.15, 0.2) is 91.0 Å². The normalized spacial score (nSPS) is 13.8. The maximum absolute atomic E-state index is 12.1. The van der Waals surface area contributed by atoms with Gasteiger partial charge in [0.1, 0.15) is 5.60 Å². The fourth-order valence-electron chi connectivity index (χ4n) is 3.57. The fraction of sp³-hybridized carbons (Fsp3) is 0.231. The molecule has 0 saturated heterocycles. The van der Waals surface area contributed by atoms with Gasteiger partial charge in [0.2, 0.25) is 0 Å². The maximum atomic E-state index is 12.1. The summed E-state index contributed by atoms with van der Waals surface area (Å²) >= 11 is 0. The Bertz CT molecular complexity index is 966. The lowest BCUT2D eigenvalue weighted by atomic mass is 9.79. The molecule has 0 radical (unpaired) electrons. The summed E-state index contributed by atoms with van der Waals surface area (Å²) in [4.78, 5) is 23.9. The topological polar surface area (TPSA) is 88.5 Å². The van der Waals surface area contributed by atoms with Crippen LogP contribution in [0.3, 0.4) is 0 Å². The summed E-state index contributed by atoms with van der Waals surface area (Å²) in [6.45, 7) is 0. The lowest BCUT2D eigenvalue weighted by molar-refractivity contribution is 0.0116. The zero-order valence-electron chi connectivity index (χ0n) is 17.8. The molecule has 0 amide bonds. The summed E-state index contributed by atoms with van der Waals surface area (Å²) < 4.78 is 16.8. The minimum absolute atomic E-state index is 0.0752. The average Bonchev–Trinajstić information content (AvgIpc) is 2.86. The van der Waals surface area contributed by atoms with Crippen LogP contribution < -0.4 is 0 Å². The SMILES string of the molecule is O=C(c1ccccc1)C1(O)CCCCC1.O=C(c1ccccc1)c1ccccc1.O=[Si]=O. The Kier molecular flexibility index (Phi) is 10.4. The number of carbonyl (C=O) groups is 2. The quantitative estimate of drug-likeness (QED) is 0.456. The van der Waals surface area contributed by atoms with Crippen molar-refractivity contribution in [2.75, 3.05) is 0 Å². The van der Waals surface area contributed by atoms with Crippen molar-refractivity contribution in [2.24, 2.45) is 0 Å². The lowest BCUT2D eigenvalue weighted by Gasteiger charge is -2.30. The van der Waals surface area contributed by atoms with Gasteiger partial charge in [-0.3, -0.25) is 18.5 Å². The first-order valence-electron chi connectivity index (χ1n) is 10.5. The van der Waals surface area contributed by atoms with E-state index in [4.69, 9.17) is 8.92 Å². The van der Waals surface area contributed by atoms with Gasteiger partial charge in [-0.1, -0.05) is 110 Å². The van der Waals surface area contributed by atoms with Crippen LogP contribution in [-0.4, -0.2) is 31.6 Å². The molecule has 1 fully saturated rings. The van der Waals surface area contributed by atoms with Crippen LogP contribution in [0.4, 0.5) is 0 Å². The molecule has 0 bridgehead atoms. The molecular formula is C26H26O5Si. The molecule has 0 unspecified atom stereocenters. The Morgan fingerprint density at radius 2 is 0.969 bits per heavy atom. The highest BCUT2D eigenvalue weighted by molar-refractivity contribution is 6.08. The standard InChI is InChI=1S/C13H16O2.C13H10O.O2Si/c14-12(11-7-3-1-4-8-11)13(15)9-5-2-6-10-13;14-13(11-7-3-1-4-8-11)12-9-5-2-6-10-12;1-3-2/h1,3-4,7-8,15H,2,5-6,9-10H2;1-10H;. The van der Waals surface area contributed by atoms with E-state index in [-0.39, 0.29) is 11.6 Å². The van der Waals surface area contributed by atoms with Crippen LogP contribution in [0.25, 0.3) is 0 Å². The second-order valence-electron chi connectivity index (χ2n) is 7.43. The molecule has 0 aliphatic heterocycles. The molecule has 1 saturated carbocycles. The molecule has 0 heterocycles. The Balaban J connectivity index is 0.000000203. The van der Waals surface area contributed by atoms with Gasteiger partial charge in [0.15, 0.2) is 11.6 Å². The monoisotopic (exact) mass is 446 g/mol. The van der Waals surface area contributed by atoms with Gasteiger partial charge in [0.05, 0.1) is 0 Å². The summed E-state index contributed by atoms with van der Waals surface area (Å²) in [5, 5.41) is 10.2. The molecule has 4 rings (SSSR count). The number of Topliss-reactive ketones (excluding diaryl/α,β-unsaturated/α-hetero) is 1. The van der Waals surface area contributed by atoms with Gasteiger partial charge in [-0.25, -0.2) is 0 Å². The van der Waals surface area contributed by atoms with E-state index in [9.17, 15) is 14.7 Å². The van der Waals surface area contributed by atoms with Crippen molar-refractivity contribution in [3.05, 3.63) is 108 Å². The van der Waals surface area contributed by atoms with Gasteiger partial charge < -0.3 is 5.11 Å². The van der Waals surface area contributed by atoms with Gasteiger partial charge in [-0.2, -0.15) is 0 Å². The summed E-state index contributed by atoms with van der Waals surface area (Å²) in [7, 11) is -1.42. The van der Waals surface area contributed by atoms with Crippen LogP contribution in [0.2, 0.25) is 0 Å². The molecule has 0 aromatic heterocycles. The van der Waals surface area contributed by atoms with E-state index in [1.54, 1.807) is 12.1 Å². The zero-order valence-corrected chi connectivity index (χ0v) is 18.8. The molecule has 0 spiro atoms. The van der Waals surface area contributed by atoms with Crippen molar-refractivity contribution in [1.82, 2.24) is 0 Å². The second kappa shape index (κ2) is 13.2. The molecule has 1 N–H and O–H groups in total. The Labute approximate surface area is 190 Å². The van der Waals surface area contributed by atoms with Crippen molar-refractivity contribution >= 4 is 20.9 Å². The van der Waals surface area contributed by atoms with Crippen LogP contribution in [-0.2, 0) is 8.92 Å². The molecule has 32 heavy (non-hydrogen) atoms. The minimum Gasteiger partial charge on any atom is -0.382 e. The largest absolute Gasteiger partial charge is 0.549 e. The molecule has 6 heteroatoms. The zero-order chi connectivity index (χ0) is 23.2. The van der Waals surface area contributed by atoms with E-state index in [0.29, 0.717) is 18.4 Å². The average molecular weight is 447 g/mol. The first-order valence-corrected chi connectivity index (χ1v) is 11.3. The Hall–Kier alpha value is -3.22. The summed E-state index contributed by atoms with van der Waals surface area (Å²) in [6.07, 6.45) is 4.26. The van der Waals surface area contributed by atoms with Gasteiger partial charge in [-0.05, 0) is 12.8 Å². The van der Waals surface area contributed by atoms with Crippen molar-refractivity contribution < 1.29 is 23.6 Å². The van der Waals surface area contributed by atoms with E-state index in [1.807, 2.05) is 78.9 Å². The number of hydrogen-bond acceptors (Lipinski definition) is 5. The molecule has 3 aromatic rings. The van der Waals surface area contributed by atoms with Crippen LogP contribution in [0, 0.1) is 0 Å². The number of rotatable bonds is 4. The highest BCUT2D eigenvalue weighted by Gasteiger charge is 2.37. The van der Waals surface area contributed by atoms with Gasteiger partial charge >= 0.3 is 9.29 Å². The van der Waals surface area contributed by atoms with Gasteiger partial charge in [-0.15, -0.1) is 0 Å². The van der Waals surface area contributed by atoms with Crippen molar-refractivity contribution in [3.63, 3.8) is 0 Å². The Morgan fingerprint density at radius 1 is 0.625 bits per heavy atom. The second-order valence-corrected chi connectivity index (χ2v) is 7.60. The van der Waals surface area contributed by atoms with E-state index in [2.05, 4.69) is 0 Å². The number of hydrogen-bond donors (Lipinski definition) is 1. The molecule has 1 aliphatic rings. The molecule has 164 valence electrons. The fourth-order valence-corrected chi connectivity index (χ4v) is 3.57. The lowest BCUT2D eigenvalue weighted by Crippen LogP contribution is -2.40. The predicted molar refractivity (Wildman–Crippen MR) is 122 cm³/mol. The smallest absolute Gasteiger partial charge is 0.382 e. The highest BCUT2D eigenvalue weighted by Crippen LogP contribution is 2.31. The summed E-state index contributed by atoms with van der Waals surface area (Å²) in [5.41, 5.74) is 0.999. The van der Waals surface area contributed by atoms with E-state index < -0.39 is 14.9 Å². The van der Waals surface area contributed by atoms with E-state index in [1.165, 1.54) is 0 Å². The number of aliphatic hydroxyl groups is 1. The predicted octanol–water partition coefficient (Wildman–Crippen LogP) is 4.86. The molecule has 0 atom stereocenters. The molecular weight excluding hydrogens is 420 g/mol. The summed E-state index contributed by atoms with van der Waals surface area (Å²) in [5.74, 6) is -0.0333. The minimum atomic E-state index is -1.42. The van der Waals surface area contributed by atoms with Crippen LogP contribution in [0.1, 0.15) is 58.4 Å². The number of ketones is 2. The molecule has 3 aromatic carbocycles. The van der Waals surface area contributed by atoms with Crippen molar-refractivity contribution in [3.8, 4) is 0 Å². The van der Waals surface area contributed by atoms with Crippen molar-refractivity contribution in [2.45, 2.75) is 37.7 Å². The third-order valence-corrected chi connectivity index (χ3v) is 5.21. The summed E-state index contributed by atoms with van der Waals surface area (Å²) in [6, 6.07) is 27.7. The number of benzene rings is 3. The first kappa shape index (κ1) is 25.0. The maximum Gasteiger partial charge on any atom is 0.549 e. The Morgan fingerprint density at radius 3 is 1.34 bits per heavy atom.